The van der Waals surface area contributed by atoms with Gasteiger partial charge in [-0.25, -0.2) is 29.5 Å². The molecule has 0 unspecified atom stereocenters. The molecule has 0 radical (unpaired) electrons. The largest absolute Gasteiger partial charge is 1.00 e. The van der Waals surface area contributed by atoms with Gasteiger partial charge in [0.25, 0.3) is 0 Å². The second-order valence-corrected chi connectivity index (χ2v) is 9.90. The van der Waals surface area contributed by atoms with Gasteiger partial charge >= 0.3 is 41.5 Å². The van der Waals surface area contributed by atoms with Gasteiger partial charge in [-0.15, -0.1) is 0 Å². The number of aromatic carboxylic acids is 1. The number of carboxylic acid groups (broad SMARTS) is 1. The average molecular weight is 697 g/mol. The van der Waals surface area contributed by atoms with E-state index >= 15 is 0 Å². The zero-order valence-corrected chi connectivity index (χ0v) is 30.5. The van der Waals surface area contributed by atoms with Crippen LogP contribution in [-0.4, -0.2) is 60.8 Å². The standard InChI is InChI=1S/C19H17N3O2.C17H13N3O2.C2H6O.Na.H2O/c1-2-24-18(23)15-13-20-19(21-14-15)22(16-9-5-3-6-10-16)17-11-7-4-8-12-17;21-16(22)13-11-18-17(19-12-13)20(14-7-3-1-4-8-14)15-9-5-2-6-10-15;1-2-3;;/h3-14H,2H2,1H3;1-12H,(H,21,22);3H,2H2,1H3;;1H2/q;;;+1;/p-1. The number of nitrogens with zero attached hydrogens (tertiary/aromatic N) is 6. The molecular formula is C38H37N6NaO6. The summed E-state index contributed by atoms with van der Waals surface area (Å²) in [6.07, 6.45) is 5.59. The van der Waals surface area contributed by atoms with Gasteiger partial charge in [0.05, 0.1) is 17.7 Å². The van der Waals surface area contributed by atoms with Gasteiger partial charge in [0, 0.05) is 54.1 Å². The Kier molecular flexibility index (Phi) is 18.2. The summed E-state index contributed by atoms with van der Waals surface area (Å²) in [5, 5.41) is 16.5. The minimum atomic E-state index is -1.04. The SMILES string of the molecule is CCO.CCOC(=O)c1cnc(N(c2ccccc2)c2ccccc2)nc1.O=C(O)c1cnc(N(c2ccccc2)c2ccccc2)nc1.[Na+].[OH-]. The van der Waals surface area contributed by atoms with Crippen molar-refractivity contribution in [1.82, 2.24) is 19.9 Å². The van der Waals surface area contributed by atoms with Gasteiger partial charge in [0.2, 0.25) is 11.9 Å². The van der Waals surface area contributed by atoms with Crippen LogP contribution < -0.4 is 39.4 Å². The van der Waals surface area contributed by atoms with Gasteiger partial charge in [0.1, 0.15) is 0 Å². The smallest absolute Gasteiger partial charge is 0.870 e. The van der Waals surface area contributed by atoms with Crippen LogP contribution in [0.1, 0.15) is 34.6 Å². The first kappa shape index (κ1) is 41.7. The molecule has 6 aromatic rings. The number of carbonyl (C=O) groups is 2. The third kappa shape index (κ3) is 12.1. The van der Waals surface area contributed by atoms with Crippen molar-refractivity contribution < 1.29 is 59.6 Å². The van der Waals surface area contributed by atoms with E-state index in [0.29, 0.717) is 24.1 Å². The minimum Gasteiger partial charge on any atom is -0.870 e. The van der Waals surface area contributed by atoms with E-state index in [9.17, 15) is 9.59 Å². The molecule has 0 aliphatic carbocycles. The van der Waals surface area contributed by atoms with E-state index in [-0.39, 0.29) is 47.2 Å². The van der Waals surface area contributed by atoms with Crippen LogP contribution >= 0.6 is 0 Å². The first-order chi connectivity index (χ1) is 24.0. The molecule has 12 nitrogen and oxygen atoms in total. The Morgan fingerprint density at radius 2 is 0.843 bits per heavy atom. The first-order valence-electron chi connectivity index (χ1n) is 15.4. The van der Waals surface area contributed by atoms with Crippen LogP contribution in [0.4, 0.5) is 34.6 Å². The number of esters is 1. The summed E-state index contributed by atoms with van der Waals surface area (Å²) >= 11 is 0. The van der Waals surface area contributed by atoms with Crippen LogP contribution in [0.5, 0.6) is 0 Å². The van der Waals surface area contributed by atoms with E-state index in [2.05, 4.69) is 19.9 Å². The summed E-state index contributed by atoms with van der Waals surface area (Å²) < 4.78 is 4.97. The monoisotopic (exact) mass is 696 g/mol. The molecule has 51 heavy (non-hydrogen) atoms. The maximum absolute atomic E-state index is 11.7. The summed E-state index contributed by atoms with van der Waals surface area (Å²) in [5.41, 5.74) is 4.07. The van der Waals surface area contributed by atoms with E-state index in [1.165, 1.54) is 24.8 Å². The number of hydrogen-bond donors (Lipinski definition) is 2. The molecule has 0 bridgehead atoms. The summed E-state index contributed by atoms with van der Waals surface area (Å²) in [4.78, 5) is 43.5. The topological polar surface area (TPSA) is 172 Å². The van der Waals surface area contributed by atoms with Crippen LogP contribution in [0.2, 0.25) is 0 Å². The fourth-order valence-electron chi connectivity index (χ4n) is 4.37. The maximum atomic E-state index is 11.7. The number of aliphatic hydroxyl groups excluding tert-OH is 1. The first-order valence-corrected chi connectivity index (χ1v) is 15.4. The van der Waals surface area contributed by atoms with Gasteiger partial charge in [-0.05, 0) is 62.4 Å². The molecule has 256 valence electrons. The van der Waals surface area contributed by atoms with E-state index in [4.69, 9.17) is 14.9 Å². The van der Waals surface area contributed by atoms with Crippen LogP contribution in [0, 0.1) is 0 Å². The van der Waals surface area contributed by atoms with Crippen LogP contribution in [0.25, 0.3) is 0 Å². The van der Waals surface area contributed by atoms with Crippen molar-refractivity contribution in [1.29, 1.82) is 0 Å². The summed E-state index contributed by atoms with van der Waals surface area (Å²) in [6.45, 7) is 4.01. The quantitative estimate of drug-likeness (QED) is 0.159. The van der Waals surface area contributed by atoms with Gasteiger partial charge < -0.3 is 20.4 Å². The Morgan fingerprint density at radius 1 is 0.569 bits per heavy atom. The molecule has 2 heterocycles. The Morgan fingerprint density at radius 3 is 1.10 bits per heavy atom. The molecule has 0 saturated carbocycles. The number of benzene rings is 4. The normalized spacial score (nSPS) is 9.55. The van der Waals surface area contributed by atoms with Crippen molar-refractivity contribution in [2.24, 2.45) is 0 Å². The Bertz CT molecular complexity index is 1780. The fourth-order valence-corrected chi connectivity index (χ4v) is 4.37. The summed E-state index contributed by atoms with van der Waals surface area (Å²) in [5.74, 6) is -0.560. The number of hydrogen-bond acceptors (Lipinski definition) is 11. The van der Waals surface area contributed by atoms with Crippen LogP contribution in [0.15, 0.2) is 146 Å². The summed E-state index contributed by atoms with van der Waals surface area (Å²) in [6, 6.07) is 39.0. The Hall–Kier alpha value is -5.50. The number of para-hydroxylation sites is 4. The van der Waals surface area contributed by atoms with E-state index in [1.807, 2.05) is 131 Å². The Balaban J connectivity index is 0.000000318. The molecule has 0 atom stereocenters. The van der Waals surface area contributed by atoms with Gasteiger partial charge in [-0.3, -0.25) is 9.80 Å². The molecule has 4 aromatic carbocycles. The van der Waals surface area contributed by atoms with Gasteiger partial charge in [0.15, 0.2) is 0 Å². The number of anilines is 6. The molecule has 0 spiro atoms. The van der Waals surface area contributed by atoms with Crippen LogP contribution in [-0.2, 0) is 4.74 Å². The predicted molar refractivity (Wildman–Crippen MR) is 191 cm³/mol. The van der Waals surface area contributed by atoms with E-state index in [1.54, 1.807) is 13.8 Å². The fraction of sp³-hybridized carbons (Fsp3) is 0.105. The number of carbonyl (C=O) groups excluding carboxylic acids is 1. The molecule has 0 fully saturated rings. The molecule has 0 aliphatic heterocycles. The van der Waals surface area contributed by atoms with Crippen molar-refractivity contribution in [3.63, 3.8) is 0 Å². The molecule has 0 amide bonds. The number of aliphatic hydroxyl groups is 1. The zero-order chi connectivity index (χ0) is 34.8. The second-order valence-electron chi connectivity index (χ2n) is 9.90. The number of aromatic nitrogens is 4. The maximum Gasteiger partial charge on any atom is 1.00 e. The molecule has 13 heteroatoms. The van der Waals surface area contributed by atoms with Gasteiger partial charge in [-0.2, -0.15) is 0 Å². The van der Waals surface area contributed by atoms with Crippen molar-refractivity contribution in [3.8, 4) is 0 Å². The summed E-state index contributed by atoms with van der Waals surface area (Å²) in [7, 11) is 0. The van der Waals surface area contributed by atoms with E-state index < -0.39 is 11.9 Å². The average Bonchev–Trinajstić information content (AvgIpc) is 3.15. The zero-order valence-electron chi connectivity index (χ0n) is 28.5. The molecule has 0 aliphatic rings. The second kappa shape index (κ2) is 22.3. The van der Waals surface area contributed by atoms with Crippen molar-refractivity contribution >= 4 is 46.6 Å². The molecular weight excluding hydrogens is 659 g/mol. The van der Waals surface area contributed by atoms with Crippen molar-refractivity contribution in [3.05, 3.63) is 157 Å². The minimum absolute atomic E-state index is 0. The molecule has 0 saturated heterocycles. The van der Waals surface area contributed by atoms with Crippen LogP contribution in [0.3, 0.4) is 0 Å². The van der Waals surface area contributed by atoms with E-state index in [0.717, 1.165) is 22.7 Å². The number of carboxylic acids is 1. The Labute approximate surface area is 318 Å². The number of rotatable bonds is 9. The third-order valence-corrected chi connectivity index (χ3v) is 6.49. The predicted octanol–water partition coefficient (Wildman–Crippen LogP) is 4.59. The molecule has 2 aromatic heterocycles. The molecule has 3 N–H and O–H groups in total. The molecule has 6 rings (SSSR count). The van der Waals surface area contributed by atoms with Crippen molar-refractivity contribution in [2.75, 3.05) is 23.0 Å². The third-order valence-electron chi connectivity index (χ3n) is 6.49. The number of ether oxygens (including phenoxy) is 1. The van der Waals surface area contributed by atoms with Crippen molar-refractivity contribution in [2.45, 2.75) is 13.8 Å². The van der Waals surface area contributed by atoms with Gasteiger partial charge in [-0.1, -0.05) is 72.8 Å².